The molecule has 3 rings (SSSR count). The molecule has 0 radical (unpaired) electrons. The lowest BCUT2D eigenvalue weighted by Crippen LogP contribution is -2.15. The summed E-state index contributed by atoms with van der Waals surface area (Å²) in [6.07, 6.45) is -4.42. The van der Waals surface area contributed by atoms with Crippen molar-refractivity contribution < 1.29 is 13.2 Å². The number of rotatable bonds is 0. The molecule has 0 saturated carbocycles. The minimum Gasteiger partial charge on any atom is -0.252 e. The van der Waals surface area contributed by atoms with Crippen molar-refractivity contribution in [1.82, 2.24) is 4.57 Å². The molecule has 3 aromatic rings. The Hall–Kier alpha value is -1.49. The third-order valence-electron chi connectivity index (χ3n) is 2.89. The van der Waals surface area contributed by atoms with E-state index >= 15 is 0 Å². The van der Waals surface area contributed by atoms with Gasteiger partial charge in [0.15, 0.2) is 0 Å². The number of hydrogen-bond donors (Lipinski definition) is 0. The minimum atomic E-state index is -4.42. The minimum absolute atomic E-state index is 0.173. The molecule has 0 aliphatic rings. The number of para-hydroxylation sites is 1. The van der Waals surface area contributed by atoms with Gasteiger partial charge >= 0.3 is 6.30 Å². The second-order valence-corrected chi connectivity index (χ2v) is 4.90. The number of aromatic nitrogens is 1. The lowest BCUT2D eigenvalue weighted by molar-refractivity contribution is -0.197. The SMILES string of the molecule is FC(F)(F)n1c2ccccc2c2cc(Br)ccc21. The molecule has 92 valence electrons. The molecule has 0 aliphatic heterocycles. The largest absolute Gasteiger partial charge is 0.489 e. The number of nitrogens with zero attached hydrogens (tertiary/aromatic N) is 1. The molecule has 2 aromatic carbocycles. The fourth-order valence-electron chi connectivity index (χ4n) is 2.22. The summed E-state index contributed by atoms with van der Waals surface area (Å²) in [6.45, 7) is 0. The normalized spacial score (nSPS) is 12.4. The second-order valence-electron chi connectivity index (χ2n) is 3.98. The molecule has 1 heterocycles. The first-order valence-electron chi connectivity index (χ1n) is 5.24. The van der Waals surface area contributed by atoms with Gasteiger partial charge in [-0.25, -0.2) is 0 Å². The zero-order chi connectivity index (χ0) is 12.9. The van der Waals surface area contributed by atoms with Gasteiger partial charge in [-0.3, -0.25) is 4.57 Å². The Morgan fingerprint density at radius 3 is 2.28 bits per heavy atom. The Bertz CT molecular complexity index is 743. The molecular formula is C13H7BrF3N. The van der Waals surface area contributed by atoms with Crippen LogP contribution in [-0.2, 0) is 6.30 Å². The molecule has 0 saturated heterocycles. The van der Waals surface area contributed by atoms with Crippen molar-refractivity contribution in [1.29, 1.82) is 0 Å². The van der Waals surface area contributed by atoms with Crippen LogP contribution in [0.25, 0.3) is 21.8 Å². The van der Waals surface area contributed by atoms with Gasteiger partial charge in [-0.05, 0) is 24.3 Å². The predicted molar refractivity (Wildman–Crippen MR) is 68.4 cm³/mol. The van der Waals surface area contributed by atoms with Gasteiger partial charge in [0, 0.05) is 15.2 Å². The summed E-state index contributed by atoms with van der Waals surface area (Å²) in [5.41, 5.74) is 0.352. The fourth-order valence-corrected chi connectivity index (χ4v) is 2.58. The average molecular weight is 314 g/mol. The van der Waals surface area contributed by atoms with Crippen molar-refractivity contribution in [2.45, 2.75) is 6.30 Å². The molecule has 0 bridgehead atoms. The summed E-state index contributed by atoms with van der Waals surface area (Å²) in [5, 5.41) is 1.20. The van der Waals surface area contributed by atoms with Crippen LogP contribution in [0.1, 0.15) is 0 Å². The van der Waals surface area contributed by atoms with E-state index in [0.29, 0.717) is 15.3 Å². The fraction of sp³-hybridized carbons (Fsp3) is 0.0769. The van der Waals surface area contributed by atoms with E-state index in [4.69, 9.17) is 0 Å². The Labute approximate surface area is 109 Å². The van der Waals surface area contributed by atoms with Gasteiger partial charge in [0.1, 0.15) is 0 Å². The summed E-state index contributed by atoms with van der Waals surface area (Å²) in [7, 11) is 0. The van der Waals surface area contributed by atoms with Crippen LogP contribution < -0.4 is 0 Å². The predicted octanol–water partition coefficient (Wildman–Crippen LogP) is 5.03. The van der Waals surface area contributed by atoms with E-state index in [-0.39, 0.29) is 11.0 Å². The van der Waals surface area contributed by atoms with E-state index in [1.54, 1.807) is 30.3 Å². The highest BCUT2D eigenvalue weighted by Gasteiger charge is 2.34. The maximum Gasteiger partial charge on any atom is 0.489 e. The zero-order valence-corrected chi connectivity index (χ0v) is 10.6. The van der Waals surface area contributed by atoms with Gasteiger partial charge in [0.2, 0.25) is 0 Å². The molecule has 0 atom stereocenters. The van der Waals surface area contributed by atoms with E-state index in [1.165, 1.54) is 12.1 Å². The monoisotopic (exact) mass is 313 g/mol. The molecule has 0 amide bonds. The summed E-state index contributed by atoms with van der Waals surface area (Å²) >= 11 is 3.29. The van der Waals surface area contributed by atoms with Crippen LogP contribution in [0.5, 0.6) is 0 Å². The Morgan fingerprint density at radius 2 is 1.56 bits per heavy atom. The van der Waals surface area contributed by atoms with E-state index in [9.17, 15) is 13.2 Å². The van der Waals surface area contributed by atoms with Crippen molar-refractivity contribution in [3.63, 3.8) is 0 Å². The molecule has 0 N–H and O–H groups in total. The van der Waals surface area contributed by atoms with Crippen LogP contribution in [0.4, 0.5) is 13.2 Å². The highest BCUT2D eigenvalue weighted by molar-refractivity contribution is 9.10. The Balaban J connectivity index is 2.58. The quantitative estimate of drug-likeness (QED) is 0.548. The topological polar surface area (TPSA) is 4.93 Å². The van der Waals surface area contributed by atoms with Crippen LogP contribution in [0.2, 0.25) is 0 Å². The third-order valence-corrected chi connectivity index (χ3v) is 3.38. The van der Waals surface area contributed by atoms with E-state index in [2.05, 4.69) is 15.9 Å². The van der Waals surface area contributed by atoms with Crippen LogP contribution in [0.3, 0.4) is 0 Å². The van der Waals surface area contributed by atoms with Gasteiger partial charge in [-0.2, -0.15) is 0 Å². The smallest absolute Gasteiger partial charge is 0.252 e. The summed E-state index contributed by atoms with van der Waals surface area (Å²) in [6, 6.07) is 11.3. The van der Waals surface area contributed by atoms with Gasteiger partial charge < -0.3 is 0 Å². The lowest BCUT2D eigenvalue weighted by Gasteiger charge is -2.10. The van der Waals surface area contributed by atoms with Gasteiger partial charge in [-0.1, -0.05) is 34.1 Å². The van der Waals surface area contributed by atoms with Crippen LogP contribution in [0, 0.1) is 0 Å². The zero-order valence-electron chi connectivity index (χ0n) is 9.00. The maximum absolute atomic E-state index is 13.1. The number of hydrogen-bond acceptors (Lipinski definition) is 0. The van der Waals surface area contributed by atoms with Gasteiger partial charge in [-0.15, -0.1) is 13.2 Å². The van der Waals surface area contributed by atoms with E-state index < -0.39 is 6.30 Å². The highest BCUT2D eigenvalue weighted by atomic mass is 79.9. The van der Waals surface area contributed by atoms with Crippen LogP contribution >= 0.6 is 15.9 Å². The van der Waals surface area contributed by atoms with Gasteiger partial charge in [0.25, 0.3) is 0 Å². The first-order valence-corrected chi connectivity index (χ1v) is 6.04. The number of alkyl halides is 3. The first-order chi connectivity index (χ1) is 8.48. The van der Waals surface area contributed by atoms with Crippen molar-refractivity contribution >= 4 is 37.7 Å². The summed E-state index contributed by atoms with van der Waals surface area (Å²) in [5.74, 6) is 0. The molecule has 0 unspecified atom stereocenters. The van der Waals surface area contributed by atoms with Crippen LogP contribution in [-0.4, -0.2) is 4.57 Å². The van der Waals surface area contributed by atoms with E-state index in [0.717, 1.165) is 4.47 Å². The molecule has 0 spiro atoms. The second kappa shape index (κ2) is 3.75. The molecule has 5 heteroatoms. The molecule has 0 fully saturated rings. The van der Waals surface area contributed by atoms with E-state index in [1.807, 2.05) is 0 Å². The average Bonchev–Trinajstić information content (AvgIpc) is 2.62. The Kier molecular flexibility index (Phi) is 2.41. The third kappa shape index (κ3) is 1.61. The number of benzene rings is 2. The summed E-state index contributed by atoms with van der Waals surface area (Å²) in [4.78, 5) is 0. The first kappa shape index (κ1) is 11.6. The van der Waals surface area contributed by atoms with Crippen molar-refractivity contribution in [3.05, 3.63) is 46.9 Å². The number of fused-ring (bicyclic) bond motifs is 3. The highest BCUT2D eigenvalue weighted by Crippen LogP contribution is 2.37. The lowest BCUT2D eigenvalue weighted by atomic mass is 10.2. The van der Waals surface area contributed by atoms with Gasteiger partial charge in [0.05, 0.1) is 11.0 Å². The standard InChI is InChI=1S/C13H7BrF3N/c14-8-5-6-12-10(7-8)9-3-1-2-4-11(9)18(12)13(15,16)17/h1-7H. The molecule has 1 aromatic heterocycles. The molecular weight excluding hydrogens is 307 g/mol. The van der Waals surface area contributed by atoms with Crippen molar-refractivity contribution in [2.75, 3.05) is 0 Å². The Morgan fingerprint density at radius 1 is 0.889 bits per heavy atom. The van der Waals surface area contributed by atoms with Crippen molar-refractivity contribution in [2.24, 2.45) is 0 Å². The summed E-state index contributed by atoms with van der Waals surface area (Å²) < 4.78 is 40.6. The molecule has 1 nitrogen and oxygen atoms in total. The van der Waals surface area contributed by atoms with Crippen molar-refractivity contribution in [3.8, 4) is 0 Å². The maximum atomic E-state index is 13.1. The number of halogens is 4. The van der Waals surface area contributed by atoms with Crippen LogP contribution in [0.15, 0.2) is 46.9 Å². The molecule has 0 aliphatic carbocycles. The molecule has 18 heavy (non-hydrogen) atoms.